The molecule has 0 aromatic heterocycles. The lowest BCUT2D eigenvalue weighted by Gasteiger charge is -2.20. The van der Waals surface area contributed by atoms with Crippen LogP contribution in [0.2, 0.25) is 0 Å². The lowest BCUT2D eigenvalue weighted by molar-refractivity contribution is 0.0938. The summed E-state index contributed by atoms with van der Waals surface area (Å²) in [5.74, 6) is 0. The molecule has 1 rings (SSSR count). The highest BCUT2D eigenvalue weighted by Gasteiger charge is 2.18. The van der Waals surface area contributed by atoms with E-state index in [9.17, 15) is 4.79 Å². The molecular formula is C10H14N2O2. The van der Waals surface area contributed by atoms with Crippen molar-refractivity contribution in [1.82, 2.24) is 0 Å². The third-order valence-corrected chi connectivity index (χ3v) is 1.85. The van der Waals surface area contributed by atoms with Gasteiger partial charge >= 0.3 is 6.09 Å². The molecule has 4 nitrogen and oxygen atoms in total. The average Bonchev–Trinajstić information content (AvgIpc) is 2.15. The van der Waals surface area contributed by atoms with Crippen molar-refractivity contribution < 1.29 is 9.53 Å². The van der Waals surface area contributed by atoms with E-state index in [-0.39, 0.29) is 6.04 Å². The van der Waals surface area contributed by atoms with Gasteiger partial charge in [0.2, 0.25) is 0 Å². The quantitative estimate of drug-likeness (QED) is 0.758. The monoisotopic (exact) mass is 194 g/mol. The second-order valence-corrected chi connectivity index (χ2v) is 3.13. The summed E-state index contributed by atoms with van der Waals surface area (Å²) in [4.78, 5) is 10.6. The first-order valence-corrected chi connectivity index (χ1v) is 4.38. The summed E-state index contributed by atoms with van der Waals surface area (Å²) in [5, 5.41) is 0. The van der Waals surface area contributed by atoms with Crippen LogP contribution in [0, 0.1) is 0 Å². The highest BCUT2D eigenvalue weighted by molar-refractivity contribution is 5.65. The lowest BCUT2D eigenvalue weighted by atomic mass is 10.0. The SMILES string of the molecule is C[C@@H](N)[C@@H](OC(N)=O)c1ccccc1. The van der Waals surface area contributed by atoms with Crippen LogP contribution in [0.3, 0.4) is 0 Å². The normalized spacial score (nSPS) is 14.4. The van der Waals surface area contributed by atoms with Gasteiger partial charge in [-0.3, -0.25) is 0 Å². The van der Waals surface area contributed by atoms with Gasteiger partial charge in [0.25, 0.3) is 0 Å². The molecule has 0 aliphatic rings. The third kappa shape index (κ3) is 2.74. The standard InChI is InChI=1S/C10H14N2O2/c1-7(11)9(14-10(12)13)8-5-3-2-4-6-8/h2-7,9H,11H2,1H3,(H2,12,13)/t7-,9-/m1/s1. The van der Waals surface area contributed by atoms with Gasteiger partial charge in [0.1, 0.15) is 6.10 Å². The molecule has 0 radical (unpaired) electrons. The molecule has 4 N–H and O–H groups in total. The van der Waals surface area contributed by atoms with Gasteiger partial charge in [-0.25, -0.2) is 4.79 Å². The first-order chi connectivity index (χ1) is 6.61. The van der Waals surface area contributed by atoms with Crippen molar-refractivity contribution in [3.05, 3.63) is 35.9 Å². The molecule has 0 heterocycles. The highest BCUT2D eigenvalue weighted by Crippen LogP contribution is 2.19. The minimum Gasteiger partial charge on any atom is -0.440 e. The van der Waals surface area contributed by atoms with Gasteiger partial charge in [-0.2, -0.15) is 0 Å². The molecule has 0 saturated carbocycles. The molecule has 14 heavy (non-hydrogen) atoms. The first kappa shape index (κ1) is 10.5. The van der Waals surface area contributed by atoms with E-state index in [1.807, 2.05) is 30.3 Å². The van der Waals surface area contributed by atoms with E-state index in [0.29, 0.717) is 0 Å². The third-order valence-electron chi connectivity index (χ3n) is 1.85. The summed E-state index contributed by atoms with van der Waals surface area (Å²) in [7, 11) is 0. The van der Waals surface area contributed by atoms with Gasteiger partial charge in [-0.1, -0.05) is 30.3 Å². The summed E-state index contributed by atoms with van der Waals surface area (Å²) in [5.41, 5.74) is 11.5. The molecule has 2 atom stereocenters. The molecule has 76 valence electrons. The molecule has 0 bridgehead atoms. The number of benzene rings is 1. The average molecular weight is 194 g/mol. The summed E-state index contributed by atoms with van der Waals surface area (Å²) < 4.78 is 4.91. The first-order valence-electron chi connectivity index (χ1n) is 4.38. The summed E-state index contributed by atoms with van der Waals surface area (Å²) >= 11 is 0. The zero-order chi connectivity index (χ0) is 10.6. The van der Waals surface area contributed by atoms with Gasteiger partial charge in [0, 0.05) is 6.04 Å². The number of hydrogen-bond acceptors (Lipinski definition) is 3. The van der Waals surface area contributed by atoms with E-state index in [2.05, 4.69) is 0 Å². The number of carbonyl (C=O) groups excluding carboxylic acids is 1. The van der Waals surface area contributed by atoms with Crippen molar-refractivity contribution >= 4 is 6.09 Å². The van der Waals surface area contributed by atoms with E-state index >= 15 is 0 Å². The summed E-state index contributed by atoms with van der Waals surface area (Å²) in [6.07, 6.45) is -1.29. The van der Waals surface area contributed by atoms with Crippen LogP contribution in [-0.4, -0.2) is 12.1 Å². The maximum Gasteiger partial charge on any atom is 0.405 e. The van der Waals surface area contributed by atoms with Gasteiger partial charge in [-0.15, -0.1) is 0 Å². The van der Waals surface area contributed by atoms with Crippen LogP contribution in [-0.2, 0) is 4.74 Å². The molecule has 1 amide bonds. The number of primary amides is 1. The predicted octanol–water partition coefficient (Wildman–Crippen LogP) is 1.17. The zero-order valence-electron chi connectivity index (χ0n) is 8.01. The Morgan fingerprint density at radius 3 is 2.36 bits per heavy atom. The topological polar surface area (TPSA) is 78.3 Å². The largest absolute Gasteiger partial charge is 0.440 e. The van der Waals surface area contributed by atoms with Crippen LogP contribution >= 0.6 is 0 Å². The molecule has 0 unspecified atom stereocenters. The molecule has 1 aromatic carbocycles. The Hall–Kier alpha value is -1.55. The minimum atomic E-state index is -0.809. The Bertz CT molecular complexity index is 298. The Kier molecular flexibility index (Phi) is 3.48. The minimum absolute atomic E-state index is 0.287. The Morgan fingerprint density at radius 2 is 1.93 bits per heavy atom. The van der Waals surface area contributed by atoms with E-state index < -0.39 is 12.2 Å². The molecule has 0 aliphatic carbocycles. The molecule has 0 fully saturated rings. The van der Waals surface area contributed by atoms with Crippen LogP contribution in [0.15, 0.2) is 30.3 Å². The van der Waals surface area contributed by atoms with Gasteiger partial charge in [0.15, 0.2) is 0 Å². The fourth-order valence-corrected chi connectivity index (χ4v) is 1.25. The van der Waals surface area contributed by atoms with Crippen molar-refractivity contribution in [3.63, 3.8) is 0 Å². The van der Waals surface area contributed by atoms with E-state index in [1.54, 1.807) is 6.92 Å². The molecule has 0 aliphatic heterocycles. The molecule has 4 heteroatoms. The number of ether oxygens (including phenoxy) is 1. The smallest absolute Gasteiger partial charge is 0.405 e. The van der Waals surface area contributed by atoms with E-state index in [1.165, 1.54) is 0 Å². The van der Waals surface area contributed by atoms with E-state index in [4.69, 9.17) is 16.2 Å². The van der Waals surface area contributed by atoms with Gasteiger partial charge < -0.3 is 16.2 Å². The number of nitrogens with two attached hydrogens (primary N) is 2. The van der Waals surface area contributed by atoms with Crippen molar-refractivity contribution in [2.45, 2.75) is 19.1 Å². The summed E-state index contributed by atoms with van der Waals surface area (Å²) in [6, 6.07) is 8.99. The number of hydrogen-bond donors (Lipinski definition) is 2. The highest BCUT2D eigenvalue weighted by atomic mass is 16.6. The Labute approximate surface area is 82.8 Å². The lowest BCUT2D eigenvalue weighted by Crippen LogP contribution is -2.30. The van der Waals surface area contributed by atoms with Crippen LogP contribution in [0.1, 0.15) is 18.6 Å². The number of rotatable bonds is 3. The number of amides is 1. The predicted molar refractivity (Wildman–Crippen MR) is 53.5 cm³/mol. The van der Waals surface area contributed by atoms with Crippen molar-refractivity contribution in [3.8, 4) is 0 Å². The summed E-state index contributed by atoms with van der Waals surface area (Å²) in [6.45, 7) is 1.76. The number of carbonyl (C=O) groups is 1. The molecule has 1 aromatic rings. The second-order valence-electron chi connectivity index (χ2n) is 3.13. The second kappa shape index (κ2) is 4.62. The van der Waals surface area contributed by atoms with Crippen LogP contribution in [0.5, 0.6) is 0 Å². The fraction of sp³-hybridized carbons (Fsp3) is 0.300. The van der Waals surface area contributed by atoms with Crippen LogP contribution in [0.4, 0.5) is 4.79 Å². The van der Waals surface area contributed by atoms with E-state index in [0.717, 1.165) is 5.56 Å². The fourth-order valence-electron chi connectivity index (χ4n) is 1.25. The van der Waals surface area contributed by atoms with Gasteiger partial charge in [-0.05, 0) is 12.5 Å². The maximum absolute atomic E-state index is 10.6. The van der Waals surface area contributed by atoms with Crippen LogP contribution in [0.25, 0.3) is 0 Å². The van der Waals surface area contributed by atoms with Crippen molar-refractivity contribution in [2.75, 3.05) is 0 Å². The van der Waals surface area contributed by atoms with Gasteiger partial charge in [0.05, 0.1) is 0 Å². The molecule has 0 saturated heterocycles. The molecular weight excluding hydrogens is 180 g/mol. The Balaban J connectivity index is 2.83. The maximum atomic E-state index is 10.6. The van der Waals surface area contributed by atoms with Crippen molar-refractivity contribution in [1.29, 1.82) is 0 Å². The molecule has 0 spiro atoms. The van der Waals surface area contributed by atoms with Crippen molar-refractivity contribution in [2.24, 2.45) is 11.5 Å². The van der Waals surface area contributed by atoms with Crippen LogP contribution < -0.4 is 11.5 Å². The zero-order valence-corrected chi connectivity index (χ0v) is 8.01. The Morgan fingerprint density at radius 1 is 1.36 bits per heavy atom.